The summed E-state index contributed by atoms with van der Waals surface area (Å²) in [6.45, 7) is 2.18. The van der Waals surface area contributed by atoms with E-state index in [2.05, 4.69) is 15.9 Å². The Labute approximate surface area is 125 Å². The standard InChI is InChI=1S/C14H15BrFNO3/c15-11-3-2-10(8-12(11)16)13(18)17-5-1-4-14(9-17)19-6-7-20-14/h2-3,8H,1,4-7,9H2. The molecule has 108 valence electrons. The minimum Gasteiger partial charge on any atom is -0.346 e. The smallest absolute Gasteiger partial charge is 0.254 e. The first-order valence-corrected chi connectivity index (χ1v) is 7.41. The van der Waals surface area contributed by atoms with Crippen molar-refractivity contribution < 1.29 is 18.7 Å². The van der Waals surface area contributed by atoms with Gasteiger partial charge in [0.15, 0.2) is 5.79 Å². The first kappa shape index (κ1) is 14.0. The highest BCUT2D eigenvalue weighted by Gasteiger charge is 2.42. The summed E-state index contributed by atoms with van der Waals surface area (Å²) in [7, 11) is 0. The molecule has 0 N–H and O–H groups in total. The third-order valence-corrected chi connectivity index (χ3v) is 4.33. The number of rotatable bonds is 1. The van der Waals surface area contributed by atoms with E-state index in [-0.39, 0.29) is 5.91 Å². The number of carbonyl (C=O) groups is 1. The predicted octanol–water partition coefficient (Wildman–Crippen LogP) is 2.57. The molecule has 4 nitrogen and oxygen atoms in total. The minimum atomic E-state index is -0.651. The molecular weight excluding hydrogens is 329 g/mol. The molecular formula is C14H15BrFNO3. The van der Waals surface area contributed by atoms with Crippen LogP contribution in [0.2, 0.25) is 0 Å². The second-order valence-corrected chi connectivity index (χ2v) is 5.92. The van der Waals surface area contributed by atoms with Gasteiger partial charge in [-0.15, -0.1) is 0 Å². The predicted molar refractivity (Wildman–Crippen MR) is 73.9 cm³/mol. The summed E-state index contributed by atoms with van der Waals surface area (Å²) in [6, 6.07) is 4.42. The molecule has 3 rings (SSSR count). The zero-order valence-corrected chi connectivity index (χ0v) is 12.5. The molecule has 1 aromatic rings. The monoisotopic (exact) mass is 343 g/mol. The van der Waals surface area contributed by atoms with Crippen molar-refractivity contribution in [2.75, 3.05) is 26.3 Å². The van der Waals surface area contributed by atoms with Gasteiger partial charge in [-0.1, -0.05) is 0 Å². The van der Waals surface area contributed by atoms with Crippen LogP contribution in [0.4, 0.5) is 4.39 Å². The highest BCUT2D eigenvalue weighted by molar-refractivity contribution is 9.10. The van der Waals surface area contributed by atoms with Gasteiger partial charge in [0.1, 0.15) is 5.82 Å². The van der Waals surface area contributed by atoms with E-state index in [0.29, 0.717) is 36.3 Å². The third kappa shape index (κ3) is 2.60. The van der Waals surface area contributed by atoms with Crippen LogP contribution in [0.5, 0.6) is 0 Å². The van der Waals surface area contributed by atoms with Crippen LogP contribution in [0.25, 0.3) is 0 Å². The van der Waals surface area contributed by atoms with Gasteiger partial charge >= 0.3 is 0 Å². The van der Waals surface area contributed by atoms with Crippen LogP contribution >= 0.6 is 15.9 Å². The van der Waals surface area contributed by atoms with Crippen LogP contribution in [-0.2, 0) is 9.47 Å². The Bertz CT molecular complexity index is 531. The van der Waals surface area contributed by atoms with E-state index >= 15 is 0 Å². The first-order chi connectivity index (χ1) is 9.60. The average molecular weight is 344 g/mol. The van der Waals surface area contributed by atoms with Crippen molar-refractivity contribution in [3.63, 3.8) is 0 Å². The fourth-order valence-electron chi connectivity index (χ4n) is 2.71. The van der Waals surface area contributed by atoms with Crippen molar-refractivity contribution in [2.24, 2.45) is 0 Å². The number of benzene rings is 1. The van der Waals surface area contributed by atoms with Gasteiger partial charge in [-0.05, 0) is 40.5 Å². The molecule has 20 heavy (non-hydrogen) atoms. The van der Waals surface area contributed by atoms with Crippen molar-refractivity contribution in [3.05, 3.63) is 34.1 Å². The van der Waals surface area contributed by atoms with Crippen molar-refractivity contribution >= 4 is 21.8 Å². The molecule has 1 spiro atoms. The second-order valence-electron chi connectivity index (χ2n) is 5.07. The zero-order valence-electron chi connectivity index (χ0n) is 10.9. The Morgan fingerprint density at radius 3 is 2.80 bits per heavy atom. The highest BCUT2D eigenvalue weighted by Crippen LogP contribution is 2.31. The van der Waals surface area contributed by atoms with Gasteiger partial charge in [-0.25, -0.2) is 4.39 Å². The highest BCUT2D eigenvalue weighted by atomic mass is 79.9. The summed E-state index contributed by atoms with van der Waals surface area (Å²) in [5.74, 6) is -1.27. The quantitative estimate of drug-likeness (QED) is 0.786. The molecule has 0 aromatic heterocycles. The summed E-state index contributed by atoms with van der Waals surface area (Å²) in [5, 5.41) is 0. The molecule has 2 aliphatic heterocycles. The Kier molecular flexibility index (Phi) is 3.79. The third-order valence-electron chi connectivity index (χ3n) is 3.68. The van der Waals surface area contributed by atoms with Crippen LogP contribution < -0.4 is 0 Å². The Balaban J connectivity index is 1.77. The number of nitrogens with zero attached hydrogens (tertiary/aromatic N) is 1. The van der Waals surface area contributed by atoms with E-state index in [4.69, 9.17) is 9.47 Å². The van der Waals surface area contributed by atoms with Crippen LogP contribution in [0.15, 0.2) is 22.7 Å². The lowest BCUT2D eigenvalue weighted by molar-refractivity contribution is -0.183. The number of likely N-dealkylation sites (tertiary alicyclic amines) is 1. The number of ether oxygens (including phenoxy) is 2. The zero-order chi connectivity index (χ0) is 14.2. The molecule has 2 fully saturated rings. The minimum absolute atomic E-state index is 0.186. The maximum absolute atomic E-state index is 13.5. The van der Waals surface area contributed by atoms with E-state index in [0.717, 1.165) is 12.8 Å². The Morgan fingerprint density at radius 2 is 2.10 bits per heavy atom. The molecule has 2 saturated heterocycles. The van der Waals surface area contributed by atoms with Crippen LogP contribution in [0.3, 0.4) is 0 Å². The number of halogens is 2. The largest absolute Gasteiger partial charge is 0.346 e. The maximum Gasteiger partial charge on any atom is 0.254 e. The van der Waals surface area contributed by atoms with Gasteiger partial charge in [0.05, 0.1) is 24.2 Å². The molecule has 0 radical (unpaired) electrons. The normalized spacial score (nSPS) is 21.4. The summed E-state index contributed by atoms with van der Waals surface area (Å²) in [6.07, 6.45) is 1.62. The number of hydrogen-bond acceptors (Lipinski definition) is 3. The van der Waals surface area contributed by atoms with Crippen molar-refractivity contribution in [2.45, 2.75) is 18.6 Å². The fourth-order valence-corrected chi connectivity index (χ4v) is 2.95. The Hall–Kier alpha value is -0.980. The van der Waals surface area contributed by atoms with Gasteiger partial charge in [-0.2, -0.15) is 0 Å². The lowest BCUT2D eigenvalue weighted by Crippen LogP contribution is -2.51. The van der Waals surface area contributed by atoms with E-state index < -0.39 is 11.6 Å². The summed E-state index contributed by atoms with van der Waals surface area (Å²) in [5.41, 5.74) is 0.348. The summed E-state index contributed by atoms with van der Waals surface area (Å²) >= 11 is 3.08. The van der Waals surface area contributed by atoms with Crippen molar-refractivity contribution in [3.8, 4) is 0 Å². The van der Waals surface area contributed by atoms with Crippen molar-refractivity contribution in [1.29, 1.82) is 0 Å². The molecule has 2 heterocycles. The number of carbonyl (C=O) groups excluding carboxylic acids is 1. The molecule has 1 amide bonds. The first-order valence-electron chi connectivity index (χ1n) is 6.62. The van der Waals surface area contributed by atoms with Gasteiger partial charge in [-0.3, -0.25) is 4.79 Å². The summed E-state index contributed by atoms with van der Waals surface area (Å²) in [4.78, 5) is 14.1. The molecule has 1 aromatic carbocycles. The Morgan fingerprint density at radius 1 is 1.35 bits per heavy atom. The molecule has 0 bridgehead atoms. The molecule has 0 unspecified atom stereocenters. The molecule has 0 saturated carbocycles. The van der Waals surface area contributed by atoms with Gasteiger partial charge in [0, 0.05) is 18.5 Å². The molecule has 0 atom stereocenters. The van der Waals surface area contributed by atoms with E-state index in [1.807, 2.05) is 0 Å². The van der Waals surface area contributed by atoms with Crippen molar-refractivity contribution in [1.82, 2.24) is 4.90 Å². The SMILES string of the molecule is O=C(c1ccc(Br)c(F)c1)N1CCCC2(C1)OCCO2. The maximum atomic E-state index is 13.5. The topological polar surface area (TPSA) is 38.8 Å². The number of piperidine rings is 1. The fraction of sp³-hybridized carbons (Fsp3) is 0.500. The second kappa shape index (κ2) is 5.42. The van der Waals surface area contributed by atoms with Crippen LogP contribution in [0, 0.1) is 5.82 Å². The van der Waals surface area contributed by atoms with Gasteiger partial charge in [0.25, 0.3) is 5.91 Å². The van der Waals surface area contributed by atoms with Gasteiger partial charge in [0.2, 0.25) is 0 Å². The average Bonchev–Trinajstić information content (AvgIpc) is 2.89. The van der Waals surface area contributed by atoms with E-state index in [1.165, 1.54) is 6.07 Å². The lowest BCUT2D eigenvalue weighted by Gasteiger charge is -2.38. The summed E-state index contributed by atoms with van der Waals surface area (Å²) < 4.78 is 25.2. The molecule has 6 heteroatoms. The lowest BCUT2D eigenvalue weighted by atomic mass is 10.0. The van der Waals surface area contributed by atoms with Crippen LogP contribution in [0.1, 0.15) is 23.2 Å². The molecule has 2 aliphatic rings. The number of amides is 1. The van der Waals surface area contributed by atoms with E-state index in [1.54, 1.807) is 17.0 Å². The molecule has 0 aliphatic carbocycles. The number of hydrogen-bond donors (Lipinski definition) is 0. The van der Waals surface area contributed by atoms with Gasteiger partial charge < -0.3 is 14.4 Å². The van der Waals surface area contributed by atoms with E-state index in [9.17, 15) is 9.18 Å². The van der Waals surface area contributed by atoms with Crippen LogP contribution in [-0.4, -0.2) is 42.9 Å².